The van der Waals surface area contributed by atoms with Gasteiger partial charge in [0.2, 0.25) is 0 Å². The van der Waals surface area contributed by atoms with Crippen molar-refractivity contribution in [2.24, 2.45) is 0 Å². The summed E-state index contributed by atoms with van der Waals surface area (Å²) in [6.45, 7) is 4.12. The third kappa shape index (κ3) is 2.66. The molecule has 0 radical (unpaired) electrons. The van der Waals surface area contributed by atoms with Crippen LogP contribution in [0.15, 0.2) is 24.3 Å². The van der Waals surface area contributed by atoms with Crippen LogP contribution in [0, 0.1) is 0 Å². The summed E-state index contributed by atoms with van der Waals surface area (Å²) in [5.74, 6) is 0. The van der Waals surface area contributed by atoms with Crippen LogP contribution in [0.5, 0.6) is 0 Å². The van der Waals surface area contributed by atoms with Crippen molar-refractivity contribution in [2.75, 3.05) is 58.9 Å². The van der Waals surface area contributed by atoms with Crippen LogP contribution in [0.4, 0.5) is 34.1 Å². The monoisotopic (exact) mass is 352 g/mol. The Balaban J connectivity index is 1.73. The number of nitrogen functional groups attached to an aromatic ring is 4. The number of benzene rings is 2. The van der Waals surface area contributed by atoms with E-state index in [9.17, 15) is 0 Å². The van der Waals surface area contributed by atoms with Crippen molar-refractivity contribution < 1.29 is 0 Å². The predicted octanol–water partition coefficient (Wildman–Crippen LogP) is 2.88. The number of rotatable bonds is 3. The first-order chi connectivity index (χ1) is 12.6. The molecule has 0 aromatic heterocycles. The summed E-state index contributed by atoms with van der Waals surface area (Å²) >= 11 is 0. The zero-order valence-corrected chi connectivity index (χ0v) is 15.2. The van der Waals surface area contributed by atoms with Gasteiger partial charge in [0.15, 0.2) is 0 Å². The summed E-state index contributed by atoms with van der Waals surface area (Å²) in [5, 5.41) is 0. The normalized spacial score (nSPS) is 17.2. The standard InChI is InChI=1S/C20H28N6/c21-17-13(5-7-15(19(17)23)25-9-1-2-10-25)14-6-8-16(20(24)18(14)22)26-11-3-4-12-26/h5-8H,1-4,9-12,21-24H2. The molecule has 4 rings (SSSR count). The fourth-order valence-electron chi connectivity index (χ4n) is 4.19. The smallest absolute Gasteiger partial charge is 0.0791 e. The van der Waals surface area contributed by atoms with E-state index in [1.165, 1.54) is 25.7 Å². The molecule has 2 aromatic rings. The second kappa shape index (κ2) is 6.52. The Kier molecular flexibility index (Phi) is 4.18. The molecule has 2 fully saturated rings. The van der Waals surface area contributed by atoms with E-state index in [1.807, 2.05) is 12.1 Å². The summed E-state index contributed by atoms with van der Waals surface area (Å²) in [6.07, 6.45) is 4.79. The topological polar surface area (TPSA) is 111 Å². The van der Waals surface area contributed by atoms with E-state index >= 15 is 0 Å². The molecule has 8 N–H and O–H groups in total. The average molecular weight is 352 g/mol. The second-order valence-electron chi connectivity index (χ2n) is 7.31. The van der Waals surface area contributed by atoms with E-state index in [-0.39, 0.29) is 0 Å². The maximum atomic E-state index is 6.40. The molecule has 2 aliphatic rings. The average Bonchev–Trinajstić information content (AvgIpc) is 3.34. The Hall–Kier alpha value is -2.76. The zero-order valence-electron chi connectivity index (χ0n) is 15.2. The SMILES string of the molecule is Nc1c(-c2ccc(N3CCCC3)c(N)c2N)ccc(N2CCCC2)c1N. The lowest BCUT2D eigenvalue weighted by atomic mass is 9.98. The van der Waals surface area contributed by atoms with Crippen LogP contribution in [0.2, 0.25) is 0 Å². The summed E-state index contributed by atoms with van der Waals surface area (Å²) in [5.41, 5.74) is 31.7. The van der Waals surface area contributed by atoms with Crippen LogP contribution < -0.4 is 32.7 Å². The van der Waals surface area contributed by atoms with Gasteiger partial charge in [0, 0.05) is 37.3 Å². The van der Waals surface area contributed by atoms with Crippen LogP contribution in [-0.4, -0.2) is 26.2 Å². The highest BCUT2D eigenvalue weighted by molar-refractivity contribution is 5.99. The molecule has 0 spiro atoms. The maximum absolute atomic E-state index is 6.40. The van der Waals surface area contributed by atoms with Gasteiger partial charge in [-0.1, -0.05) is 12.1 Å². The summed E-state index contributed by atoms with van der Waals surface area (Å²) in [7, 11) is 0. The molecule has 2 aromatic carbocycles. The molecule has 0 aliphatic carbocycles. The van der Waals surface area contributed by atoms with Crippen molar-refractivity contribution in [1.82, 2.24) is 0 Å². The number of anilines is 6. The predicted molar refractivity (Wildman–Crippen MR) is 112 cm³/mol. The lowest BCUT2D eigenvalue weighted by Crippen LogP contribution is -2.20. The molecule has 2 saturated heterocycles. The highest BCUT2D eigenvalue weighted by atomic mass is 15.2. The molecule has 0 saturated carbocycles. The highest BCUT2D eigenvalue weighted by Gasteiger charge is 2.21. The van der Waals surface area contributed by atoms with Gasteiger partial charge >= 0.3 is 0 Å². The van der Waals surface area contributed by atoms with E-state index in [0.29, 0.717) is 22.7 Å². The molecule has 2 aliphatic heterocycles. The zero-order chi connectivity index (χ0) is 18.3. The Morgan fingerprint density at radius 1 is 0.500 bits per heavy atom. The van der Waals surface area contributed by atoms with E-state index in [4.69, 9.17) is 22.9 Å². The van der Waals surface area contributed by atoms with E-state index in [2.05, 4.69) is 21.9 Å². The molecule has 0 unspecified atom stereocenters. The van der Waals surface area contributed by atoms with Crippen LogP contribution in [0.3, 0.4) is 0 Å². The van der Waals surface area contributed by atoms with Crippen LogP contribution in [0.1, 0.15) is 25.7 Å². The molecule has 0 atom stereocenters. The van der Waals surface area contributed by atoms with Crippen molar-refractivity contribution in [3.63, 3.8) is 0 Å². The van der Waals surface area contributed by atoms with Crippen molar-refractivity contribution in [2.45, 2.75) is 25.7 Å². The van der Waals surface area contributed by atoms with Crippen molar-refractivity contribution in [3.8, 4) is 11.1 Å². The van der Waals surface area contributed by atoms with Crippen LogP contribution in [0.25, 0.3) is 11.1 Å². The quantitative estimate of drug-likeness (QED) is 0.632. The molecular formula is C20H28N6. The van der Waals surface area contributed by atoms with Gasteiger partial charge in [-0.05, 0) is 37.8 Å². The fraction of sp³-hybridized carbons (Fsp3) is 0.400. The molecule has 6 heteroatoms. The van der Waals surface area contributed by atoms with Gasteiger partial charge in [-0.3, -0.25) is 0 Å². The largest absolute Gasteiger partial charge is 0.396 e. The number of hydrogen-bond donors (Lipinski definition) is 4. The third-order valence-electron chi connectivity index (χ3n) is 5.71. The molecule has 0 amide bonds. The minimum Gasteiger partial charge on any atom is -0.396 e. The molecular weight excluding hydrogens is 324 g/mol. The molecule has 26 heavy (non-hydrogen) atoms. The first kappa shape index (κ1) is 16.7. The summed E-state index contributed by atoms with van der Waals surface area (Å²) in [6, 6.07) is 8.13. The summed E-state index contributed by atoms with van der Waals surface area (Å²) < 4.78 is 0. The Labute approximate surface area is 154 Å². The third-order valence-corrected chi connectivity index (χ3v) is 5.71. The van der Waals surface area contributed by atoms with E-state index < -0.39 is 0 Å². The van der Waals surface area contributed by atoms with Gasteiger partial charge in [-0.2, -0.15) is 0 Å². The van der Waals surface area contributed by atoms with Crippen LogP contribution >= 0.6 is 0 Å². The number of hydrogen-bond acceptors (Lipinski definition) is 6. The summed E-state index contributed by atoms with van der Waals surface area (Å²) in [4.78, 5) is 4.59. The lowest BCUT2D eigenvalue weighted by Gasteiger charge is -2.24. The first-order valence-corrected chi connectivity index (χ1v) is 9.44. The fourth-order valence-corrected chi connectivity index (χ4v) is 4.19. The van der Waals surface area contributed by atoms with Gasteiger partial charge in [-0.15, -0.1) is 0 Å². The van der Waals surface area contributed by atoms with Gasteiger partial charge < -0.3 is 32.7 Å². The number of nitrogens with zero attached hydrogens (tertiary/aromatic N) is 2. The molecule has 6 nitrogen and oxygen atoms in total. The minimum atomic E-state index is 0.578. The van der Waals surface area contributed by atoms with Gasteiger partial charge in [0.25, 0.3) is 0 Å². The molecule has 138 valence electrons. The Bertz CT molecular complexity index is 750. The van der Waals surface area contributed by atoms with E-state index in [0.717, 1.165) is 48.7 Å². The molecule has 0 bridgehead atoms. The van der Waals surface area contributed by atoms with Gasteiger partial charge in [-0.25, -0.2) is 0 Å². The van der Waals surface area contributed by atoms with E-state index in [1.54, 1.807) is 0 Å². The molecule has 2 heterocycles. The Morgan fingerprint density at radius 2 is 0.846 bits per heavy atom. The van der Waals surface area contributed by atoms with Crippen LogP contribution in [-0.2, 0) is 0 Å². The van der Waals surface area contributed by atoms with Gasteiger partial charge in [0.1, 0.15) is 0 Å². The minimum absolute atomic E-state index is 0.578. The Morgan fingerprint density at radius 3 is 1.19 bits per heavy atom. The second-order valence-corrected chi connectivity index (χ2v) is 7.31. The number of nitrogens with two attached hydrogens (primary N) is 4. The maximum Gasteiger partial charge on any atom is 0.0791 e. The highest BCUT2D eigenvalue weighted by Crippen LogP contribution is 2.43. The van der Waals surface area contributed by atoms with Crippen molar-refractivity contribution in [3.05, 3.63) is 24.3 Å². The first-order valence-electron chi connectivity index (χ1n) is 9.44. The lowest BCUT2D eigenvalue weighted by molar-refractivity contribution is 0.949. The van der Waals surface area contributed by atoms with Gasteiger partial charge in [0.05, 0.1) is 34.1 Å². The van der Waals surface area contributed by atoms with Crippen molar-refractivity contribution in [1.29, 1.82) is 0 Å². The van der Waals surface area contributed by atoms with Crippen molar-refractivity contribution >= 4 is 34.1 Å².